The largest absolute Gasteiger partial charge is 0.309 e. The summed E-state index contributed by atoms with van der Waals surface area (Å²) in [5.41, 5.74) is 11.7. The summed E-state index contributed by atoms with van der Waals surface area (Å²) >= 11 is 0. The zero-order chi connectivity index (χ0) is 47.7. The predicted octanol–water partition coefficient (Wildman–Crippen LogP) is 18.3. The Kier molecular flexibility index (Phi) is 10.6. The van der Waals surface area contributed by atoms with E-state index in [2.05, 4.69) is 280 Å². The van der Waals surface area contributed by atoms with Crippen LogP contribution in [0, 0.1) is 0 Å². The minimum Gasteiger partial charge on any atom is -0.309 e. The fourth-order valence-corrected chi connectivity index (χ4v) is 13.2. The normalized spacial score (nSPS) is 12.1. The second kappa shape index (κ2) is 17.0. The van der Waals surface area contributed by atoms with E-state index in [-0.39, 0.29) is 0 Å². The van der Waals surface area contributed by atoms with Gasteiger partial charge < -0.3 is 9.80 Å². The lowest BCUT2D eigenvalue weighted by Crippen LogP contribution is -2.37. The smallest absolute Gasteiger partial charge is 0.0775 e. The van der Waals surface area contributed by atoms with Gasteiger partial charge in [-0.05, 0) is 79.8 Å². The number of rotatable bonds is 10. The summed E-state index contributed by atoms with van der Waals surface area (Å²) in [5.74, 6) is 0. The summed E-state index contributed by atoms with van der Waals surface area (Å²) in [6, 6.07) is 86.6. The molecule has 0 bridgehead atoms. The topological polar surface area (TPSA) is 6.48 Å². The van der Waals surface area contributed by atoms with Gasteiger partial charge in [-0.3, -0.25) is 0 Å². The molecule has 0 saturated carbocycles. The van der Waals surface area contributed by atoms with Crippen molar-refractivity contribution in [2.24, 2.45) is 0 Å². The molecule has 0 saturated heterocycles. The van der Waals surface area contributed by atoms with Crippen LogP contribution in [0.4, 0.5) is 34.1 Å². The lowest BCUT2D eigenvalue weighted by atomic mass is 9.90. The molecule has 2 nitrogen and oxygen atoms in total. The van der Waals surface area contributed by atoms with E-state index in [1.165, 1.54) is 97.9 Å². The van der Waals surface area contributed by atoms with Crippen molar-refractivity contribution in [3.63, 3.8) is 0 Å². The van der Waals surface area contributed by atoms with Crippen LogP contribution in [0.15, 0.2) is 231 Å². The van der Waals surface area contributed by atoms with Crippen LogP contribution >= 0.6 is 0 Å². The first-order valence-electron chi connectivity index (χ1n) is 24.7. The summed E-state index contributed by atoms with van der Waals surface area (Å²) < 4.78 is 0. The van der Waals surface area contributed by atoms with Crippen LogP contribution in [0.2, 0.25) is 39.3 Å². The molecule has 4 heteroatoms. The molecule has 70 heavy (non-hydrogen) atoms. The Hall–Kier alpha value is -7.77. The Morgan fingerprint density at radius 2 is 0.614 bits per heavy atom. The van der Waals surface area contributed by atoms with Crippen LogP contribution < -0.4 is 20.2 Å². The molecule has 12 rings (SSSR count). The maximum Gasteiger partial charge on any atom is 0.0775 e. The molecule has 0 N–H and O–H groups in total. The Labute approximate surface area is 414 Å². The average Bonchev–Trinajstić information content (AvgIpc) is 3.39. The fourth-order valence-electron chi connectivity index (χ4n) is 10.9. The highest BCUT2D eigenvalue weighted by atomic mass is 28.3. The average molecular weight is 933 g/mol. The molecule has 0 spiro atoms. The molecule has 0 aliphatic heterocycles. The quantitative estimate of drug-likeness (QED) is 0.0996. The van der Waals surface area contributed by atoms with Crippen LogP contribution in [0.25, 0.3) is 76.1 Å². The predicted molar refractivity (Wildman–Crippen MR) is 311 cm³/mol. The van der Waals surface area contributed by atoms with Crippen LogP contribution in [-0.2, 0) is 0 Å². The lowest BCUT2D eigenvalue weighted by molar-refractivity contribution is 1.31. The minimum atomic E-state index is -1.58. The molecule has 0 aliphatic rings. The third-order valence-corrected chi connectivity index (χ3v) is 18.6. The summed E-state index contributed by atoms with van der Waals surface area (Å²) in [4.78, 5) is 5.11. The SMILES string of the molecule is C[Si](C)(C)c1ccc(N(c2c(-c3ccccc3)ccc3ccccc23)c2ccc3ccc4c(N(c5ccc([Si](C)(C)C)cc5)c5c(-c6ccccc6)ccc6ccccc56)ccc5ccc2c3c54)cc1. The molecule has 0 unspecified atom stereocenters. The Balaban J connectivity index is 1.16. The lowest BCUT2D eigenvalue weighted by Gasteiger charge is -2.32. The monoisotopic (exact) mass is 932 g/mol. The molecule has 0 heterocycles. The fraction of sp³-hybridized carbons (Fsp3) is 0.0909. The van der Waals surface area contributed by atoms with Gasteiger partial charge in [-0.25, -0.2) is 0 Å². The highest BCUT2D eigenvalue weighted by Gasteiger charge is 2.28. The molecule has 0 radical (unpaired) electrons. The van der Waals surface area contributed by atoms with E-state index in [9.17, 15) is 0 Å². The standard InChI is InChI=1S/C66H56N2Si2/c1-69(2,3)53-35-31-51(32-36-53)67(65-55-23-15-13-21-47(55)25-39-57(65)45-17-9-7-10-18-45)61-43-29-49-28-42-60-62(44-30-50-27-41-59(61)63(49)64(50)60)68(52-33-37-54(38-34-52)70(4,5)6)66-56-24-16-14-22-48(56)26-40-58(66)46-19-11-8-12-20-46/h7-44H,1-6H3. The Morgan fingerprint density at radius 1 is 0.271 bits per heavy atom. The van der Waals surface area contributed by atoms with E-state index in [1.807, 2.05) is 0 Å². The number of hydrogen-bond acceptors (Lipinski definition) is 2. The van der Waals surface area contributed by atoms with Crippen molar-refractivity contribution >= 4 is 115 Å². The van der Waals surface area contributed by atoms with Crippen LogP contribution in [0.3, 0.4) is 0 Å². The molecule has 0 amide bonds. The molecule has 0 atom stereocenters. The molecule has 0 fully saturated rings. The van der Waals surface area contributed by atoms with Gasteiger partial charge in [0.05, 0.1) is 38.9 Å². The van der Waals surface area contributed by atoms with Gasteiger partial charge in [0.25, 0.3) is 0 Å². The summed E-state index contributed by atoms with van der Waals surface area (Å²) in [5, 5.41) is 15.2. The Bertz CT molecular complexity index is 3630. The highest BCUT2D eigenvalue weighted by Crippen LogP contribution is 2.52. The van der Waals surface area contributed by atoms with E-state index in [1.54, 1.807) is 0 Å². The van der Waals surface area contributed by atoms with E-state index in [0.29, 0.717) is 0 Å². The van der Waals surface area contributed by atoms with E-state index >= 15 is 0 Å². The van der Waals surface area contributed by atoms with Crippen LogP contribution in [-0.4, -0.2) is 16.1 Å². The minimum absolute atomic E-state index is 1.14. The first-order chi connectivity index (χ1) is 34.0. The molecular formula is C66H56N2Si2. The zero-order valence-corrected chi connectivity index (χ0v) is 42.8. The molecular weight excluding hydrogens is 877 g/mol. The summed E-state index contributed by atoms with van der Waals surface area (Å²) in [6.07, 6.45) is 0. The molecule has 338 valence electrons. The van der Waals surface area contributed by atoms with Gasteiger partial charge in [-0.1, -0.05) is 244 Å². The maximum atomic E-state index is 2.56. The van der Waals surface area contributed by atoms with Gasteiger partial charge >= 0.3 is 0 Å². The van der Waals surface area contributed by atoms with Gasteiger partial charge in [0, 0.05) is 44.0 Å². The van der Waals surface area contributed by atoms with Crippen molar-refractivity contribution in [3.05, 3.63) is 231 Å². The Morgan fingerprint density at radius 3 is 1.00 bits per heavy atom. The van der Waals surface area contributed by atoms with Gasteiger partial charge in [0.2, 0.25) is 0 Å². The second-order valence-corrected chi connectivity index (χ2v) is 31.1. The van der Waals surface area contributed by atoms with Crippen molar-refractivity contribution in [1.29, 1.82) is 0 Å². The number of nitrogens with zero attached hydrogens (tertiary/aromatic N) is 2. The first kappa shape index (κ1) is 43.5. The number of hydrogen-bond donors (Lipinski definition) is 0. The zero-order valence-electron chi connectivity index (χ0n) is 40.8. The number of benzene rings is 12. The molecule has 0 aromatic heterocycles. The summed E-state index contributed by atoms with van der Waals surface area (Å²) in [7, 11) is -3.16. The van der Waals surface area contributed by atoms with Gasteiger partial charge in [-0.2, -0.15) is 0 Å². The number of anilines is 6. The van der Waals surface area contributed by atoms with Crippen LogP contribution in [0.1, 0.15) is 0 Å². The molecule has 0 aliphatic carbocycles. The number of fused-ring (bicyclic) bond motifs is 2. The van der Waals surface area contributed by atoms with Gasteiger partial charge in [0.15, 0.2) is 0 Å². The van der Waals surface area contributed by atoms with Crippen molar-refractivity contribution in [2.45, 2.75) is 39.3 Å². The van der Waals surface area contributed by atoms with E-state index < -0.39 is 16.1 Å². The second-order valence-electron chi connectivity index (χ2n) is 21.0. The third-order valence-electron chi connectivity index (χ3n) is 14.5. The van der Waals surface area contributed by atoms with Gasteiger partial charge in [-0.15, -0.1) is 0 Å². The van der Waals surface area contributed by atoms with Crippen molar-refractivity contribution in [3.8, 4) is 22.3 Å². The maximum absolute atomic E-state index is 2.56. The third kappa shape index (κ3) is 7.47. The van der Waals surface area contributed by atoms with Crippen molar-refractivity contribution < 1.29 is 0 Å². The van der Waals surface area contributed by atoms with Crippen molar-refractivity contribution in [2.75, 3.05) is 9.80 Å². The molecule has 12 aromatic carbocycles. The van der Waals surface area contributed by atoms with E-state index in [4.69, 9.17) is 0 Å². The van der Waals surface area contributed by atoms with Crippen molar-refractivity contribution in [1.82, 2.24) is 0 Å². The molecule has 12 aromatic rings. The summed E-state index contributed by atoms with van der Waals surface area (Å²) in [6.45, 7) is 14.6. The first-order valence-corrected chi connectivity index (χ1v) is 31.7. The van der Waals surface area contributed by atoms with E-state index in [0.717, 1.165) is 22.7 Å². The van der Waals surface area contributed by atoms with Gasteiger partial charge in [0.1, 0.15) is 0 Å². The highest BCUT2D eigenvalue weighted by molar-refractivity contribution is 6.89. The van der Waals surface area contributed by atoms with Crippen LogP contribution in [0.5, 0.6) is 0 Å².